The lowest BCUT2D eigenvalue weighted by atomic mass is 10.1. The highest BCUT2D eigenvalue weighted by Crippen LogP contribution is 2.31. The maximum Gasteiger partial charge on any atom is 0.350 e. The zero-order chi connectivity index (χ0) is 18.4. The highest BCUT2D eigenvalue weighted by atomic mass is 32.1. The summed E-state index contributed by atoms with van der Waals surface area (Å²) in [7, 11) is 0. The molecule has 25 heavy (non-hydrogen) atoms. The average molecular weight is 362 g/mol. The molecule has 0 aliphatic heterocycles. The molecule has 0 saturated carbocycles. The van der Waals surface area contributed by atoms with E-state index in [4.69, 9.17) is 14.7 Å². The van der Waals surface area contributed by atoms with Crippen molar-refractivity contribution in [1.82, 2.24) is 4.98 Å². The first-order valence-electron chi connectivity index (χ1n) is 8.05. The predicted octanol–water partition coefficient (Wildman–Crippen LogP) is 4.14. The Balaban J connectivity index is 2.35. The summed E-state index contributed by atoms with van der Waals surface area (Å²) >= 11 is 1.28. The van der Waals surface area contributed by atoms with Gasteiger partial charge in [0, 0.05) is 11.1 Å². The summed E-state index contributed by atoms with van der Waals surface area (Å²) in [6.07, 6.45) is 1.33. The average Bonchev–Trinajstić information content (AvgIpc) is 2.96. The second kappa shape index (κ2) is 8.62. The SMILES string of the molecule is CCOC(=O)c1sc(-c2ccc(OCC(C)C)c(/C=N/O)c2)nc1C. The third kappa shape index (κ3) is 4.79. The molecule has 2 rings (SSSR count). The number of nitrogens with zero attached hydrogens (tertiary/aromatic N) is 2. The fourth-order valence-electron chi connectivity index (χ4n) is 2.14. The van der Waals surface area contributed by atoms with Gasteiger partial charge in [-0.25, -0.2) is 9.78 Å². The van der Waals surface area contributed by atoms with E-state index in [0.717, 1.165) is 5.56 Å². The van der Waals surface area contributed by atoms with Crippen LogP contribution in [-0.4, -0.2) is 35.6 Å². The minimum absolute atomic E-state index is 0.324. The number of carbonyl (C=O) groups is 1. The van der Waals surface area contributed by atoms with Gasteiger partial charge in [0.2, 0.25) is 0 Å². The number of rotatable bonds is 7. The minimum Gasteiger partial charge on any atom is -0.493 e. The molecule has 7 heteroatoms. The van der Waals surface area contributed by atoms with Gasteiger partial charge >= 0.3 is 5.97 Å². The maximum absolute atomic E-state index is 12.0. The normalized spacial score (nSPS) is 11.2. The number of hydrogen-bond acceptors (Lipinski definition) is 7. The van der Waals surface area contributed by atoms with Gasteiger partial charge in [0.15, 0.2) is 0 Å². The standard InChI is InChI=1S/C18H22N2O4S/c1-5-23-18(21)16-12(4)20-17(25-16)13-6-7-15(24-10-11(2)3)14(8-13)9-19-22/h6-9,11,22H,5,10H2,1-4H3/b19-9+. The zero-order valence-electron chi connectivity index (χ0n) is 14.8. The first kappa shape index (κ1) is 18.9. The molecule has 0 fully saturated rings. The van der Waals surface area contributed by atoms with Gasteiger partial charge in [0.1, 0.15) is 15.6 Å². The molecule has 0 aliphatic carbocycles. The van der Waals surface area contributed by atoms with Crippen LogP contribution in [0.25, 0.3) is 10.6 Å². The molecule has 1 aromatic heterocycles. The number of aromatic nitrogens is 1. The van der Waals surface area contributed by atoms with Crippen LogP contribution in [0.1, 0.15) is 41.7 Å². The van der Waals surface area contributed by atoms with Gasteiger partial charge in [-0.15, -0.1) is 11.3 Å². The highest BCUT2D eigenvalue weighted by molar-refractivity contribution is 7.17. The summed E-state index contributed by atoms with van der Waals surface area (Å²) < 4.78 is 10.8. The van der Waals surface area contributed by atoms with E-state index in [9.17, 15) is 4.79 Å². The number of oxime groups is 1. The number of carbonyl (C=O) groups excluding carboxylic acids is 1. The Kier molecular flexibility index (Phi) is 6.52. The molecule has 0 saturated heterocycles. The summed E-state index contributed by atoms with van der Waals surface area (Å²) in [5, 5.41) is 12.7. The van der Waals surface area contributed by atoms with E-state index < -0.39 is 0 Å². The van der Waals surface area contributed by atoms with E-state index in [2.05, 4.69) is 24.0 Å². The van der Waals surface area contributed by atoms with Crippen molar-refractivity contribution < 1.29 is 19.5 Å². The molecule has 0 amide bonds. The summed E-state index contributed by atoms with van der Waals surface area (Å²) in [5.41, 5.74) is 2.09. The van der Waals surface area contributed by atoms with Crippen molar-refractivity contribution in [2.45, 2.75) is 27.7 Å². The van der Waals surface area contributed by atoms with Crippen molar-refractivity contribution in [1.29, 1.82) is 0 Å². The molecule has 6 nitrogen and oxygen atoms in total. The highest BCUT2D eigenvalue weighted by Gasteiger charge is 2.18. The number of esters is 1. The van der Waals surface area contributed by atoms with Crippen molar-refractivity contribution in [3.8, 4) is 16.3 Å². The second-order valence-corrected chi connectivity index (χ2v) is 6.86. The monoisotopic (exact) mass is 362 g/mol. The summed E-state index contributed by atoms with van der Waals surface area (Å²) in [5.74, 6) is 0.652. The van der Waals surface area contributed by atoms with E-state index in [1.54, 1.807) is 13.8 Å². The lowest BCUT2D eigenvalue weighted by Gasteiger charge is -2.11. The Labute approximate surface area is 151 Å². The Bertz CT molecular complexity index is 768. The Morgan fingerprint density at radius 1 is 1.44 bits per heavy atom. The van der Waals surface area contributed by atoms with E-state index >= 15 is 0 Å². The van der Waals surface area contributed by atoms with Crippen molar-refractivity contribution in [3.63, 3.8) is 0 Å². The molecule has 0 radical (unpaired) electrons. The first-order chi connectivity index (χ1) is 12.0. The van der Waals surface area contributed by atoms with Crippen LogP contribution in [0, 0.1) is 12.8 Å². The van der Waals surface area contributed by atoms with Crippen LogP contribution in [0.4, 0.5) is 0 Å². The van der Waals surface area contributed by atoms with Crippen LogP contribution in [0.5, 0.6) is 5.75 Å². The predicted molar refractivity (Wildman–Crippen MR) is 98.0 cm³/mol. The Morgan fingerprint density at radius 2 is 2.20 bits per heavy atom. The van der Waals surface area contributed by atoms with Crippen molar-refractivity contribution in [2.24, 2.45) is 11.1 Å². The summed E-state index contributed by atoms with van der Waals surface area (Å²) in [4.78, 5) is 16.9. The van der Waals surface area contributed by atoms with Gasteiger partial charge in [-0.1, -0.05) is 19.0 Å². The molecule has 0 atom stereocenters. The quantitative estimate of drug-likeness (QED) is 0.346. The molecular weight excluding hydrogens is 340 g/mol. The van der Waals surface area contributed by atoms with E-state index in [1.165, 1.54) is 17.6 Å². The molecule has 134 valence electrons. The van der Waals surface area contributed by atoms with Gasteiger partial charge in [-0.05, 0) is 38.0 Å². The maximum atomic E-state index is 12.0. The fraction of sp³-hybridized carbons (Fsp3) is 0.389. The molecule has 0 aliphatic rings. The van der Waals surface area contributed by atoms with Crippen LogP contribution >= 0.6 is 11.3 Å². The van der Waals surface area contributed by atoms with Crippen LogP contribution < -0.4 is 4.74 Å². The lowest BCUT2D eigenvalue weighted by molar-refractivity contribution is 0.0531. The topological polar surface area (TPSA) is 81.0 Å². The Hall–Kier alpha value is -2.41. The van der Waals surface area contributed by atoms with Crippen LogP contribution in [0.3, 0.4) is 0 Å². The molecule has 0 unspecified atom stereocenters. The largest absolute Gasteiger partial charge is 0.493 e. The third-order valence-corrected chi connectivity index (χ3v) is 4.47. The third-order valence-electron chi connectivity index (χ3n) is 3.28. The van der Waals surface area contributed by atoms with Crippen LogP contribution in [0.15, 0.2) is 23.4 Å². The molecule has 1 heterocycles. The molecule has 2 aromatic rings. The first-order valence-corrected chi connectivity index (χ1v) is 8.87. The summed E-state index contributed by atoms with van der Waals surface area (Å²) in [6.45, 7) is 8.56. The smallest absolute Gasteiger partial charge is 0.350 e. The number of aryl methyl sites for hydroxylation is 1. The fourth-order valence-corrected chi connectivity index (χ4v) is 3.09. The van der Waals surface area contributed by atoms with E-state index in [-0.39, 0.29) is 5.97 Å². The van der Waals surface area contributed by atoms with Gasteiger partial charge in [-0.2, -0.15) is 0 Å². The molecule has 0 spiro atoms. The van der Waals surface area contributed by atoms with Gasteiger partial charge in [0.25, 0.3) is 0 Å². The Morgan fingerprint density at radius 3 is 2.84 bits per heavy atom. The zero-order valence-corrected chi connectivity index (χ0v) is 15.6. The van der Waals surface area contributed by atoms with Crippen molar-refractivity contribution in [3.05, 3.63) is 34.3 Å². The van der Waals surface area contributed by atoms with Gasteiger partial charge in [-0.3, -0.25) is 0 Å². The van der Waals surface area contributed by atoms with Gasteiger partial charge < -0.3 is 14.7 Å². The molecular formula is C18H22N2O4S. The molecule has 0 bridgehead atoms. The molecule has 1 N–H and O–H groups in total. The van der Waals surface area contributed by atoms with Crippen LogP contribution in [0.2, 0.25) is 0 Å². The number of hydrogen-bond donors (Lipinski definition) is 1. The lowest BCUT2D eigenvalue weighted by Crippen LogP contribution is -2.06. The molecule has 1 aromatic carbocycles. The summed E-state index contributed by atoms with van der Waals surface area (Å²) in [6, 6.07) is 5.51. The van der Waals surface area contributed by atoms with Crippen LogP contribution in [-0.2, 0) is 4.74 Å². The van der Waals surface area contributed by atoms with Gasteiger partial charge in [0.05, 0.1) is 25.1 Å². The minimum atomic E-state index is -0.363. The van der Waals surface area contributed by atoms with Crippen molar-refractivity contribution in [2.75, 3.05) is 13.2 Å². The second-order valence-electron chi connectivity index (χ2n) is 5.86. The van der Waals surface area contributed by atoms with E-state index in [1.807, 2.05) is 18.2 Å². The van der Waals surface area contributed by atoms with E-state index in [0.29, 0.717) is 46.0 Å². The van der Waals surface area contributed by atoms with Crippen molar-refractivity contribution >= 4 is 23.5 Å². The number of thiazole rings is 1. The number of benzene rings is 1. The number of ether oxygens (including phenoxy) is 2.